The van der Waals surface area contributed by atoms with E-state index in [1.165, 1.54) is 11.3 Å². The number of cyclic esters (lactones) is 1. The van der Waals surface area contributed by atoms with Crippen molar-refractivity contribution in [1.29, 1.82) is 0 Å². The van der Waals surface area contributed by atoms with Gasteiger partial charge in [-0.2, -0.15) is 0 Å². The predicted octanol–water partition coefficient (Wildman–Crippen LogP) is 2.22. The summed E-state index contributed by atoms with van der Waals surface area (Å²) in [7, 11) is 0. The first-order chi connectivity index (χ1) is 9.74. The molecule has 102 valence electrons. The Bertz CT molecular complexity index is 722. The molecule has 0 amide bonds. The summed E-state index contributed by atoms with van der Waals surface area (Å²) >= 11 is 2.76. The summed E-state index contributed by atoms with van der Waals surface area (Å²) in [5, 5.41) is 0.985. The molecule has 1 saturated heterocycles. The lowest BCUT2D eigenvalue weighted by molar-refractivity contribution is -0.141. The summed E-state index contributed by atoms with van der Waals surface area (Å²) in [4.78, 5) is 27.5. The van der Waals surface area contributed by atoms with Crippen molar-refractivity contribution in [2.24, 2.45) is 5.92 Å². The van der Waals surface area contributed by atoms with Crippen molar-refractivity contribution >= 4 is 29.1 Å². The fraction of sp³-hybridized carbons (Fsp3) is 0.286. The summed E-state index contributed by atoms with van der Waals surface area (Å²) in [5.74, 6) is -0.416. The Labute approximate surface area is 123 Å². The first-order valence-electron chi connectivity index (χ1n) is 6.35. The number of carbonyl (C=O) groups is 1. The molecule has 2 aliphatic heterocycles. The monoisotopic (exact) mass is 305 g/mol. The van der Waals surface area contributed by atoms with Crippen LogP contribution in [0.3, 0.4) is 0 Å². The maximum absolute atomic E-state index is 12.1. The van der Waals surface area contributed by atoms with E-state index in [-0.39, 0.29) is 27.9 Å². The molecule has 2 aromatic rings. The van der Waals surface area contributed by atoms with E-state index in [2.05, 4.69) is 4.98 Å². The van der Waals surface area contributed by atoms with Crippen LogP contribution in [0.1, 0.15) is 16.4 Å². The van der Waals surface area contributed by atoms with Gasteiger partial charge in [0.25, 0.3) is 0 Å². The SMILES string of the molecule is O=C1OC[C@@H]2Sc3[nH]c(=O)sc3[C@H](c3ccccc3)[C@H]12. The number of aromatic amines is 1. The molecule has 4 rings (SSSR count). The number of thiazole rings is 1. The predicted molar refractivity (Wildman–Crippen MR) is 77.3 cm³/mol. The third kappa shape index (κ3) is 1.75. The van der Waals surface area contributed by atoms with E-state index in [9.17, 15) is 9.59 Å². The molecule has 2 aliphatic rings. The third-order valence-electron chi connectivity index (χ3n) is 3.77. The number of ether oxygens (including phenoxy) is 1. The van der Waals surface area contributed by atoms with Gasteiger partial charge in [0, 0.05) is 10.8 Å². The largest absolute Gasteiger partial charge is 0.464 e. The second kappa shape index (κ2) is 4.49. The molecule has 6 heteroatoms. The van der Waals surface area contributed by atoms with E-state index in [0.717, 1.165) is 15.5 Å². The summed E-state index contributed by atoms with van der Waals surface area (Å²) in [6.45, 7) is 0.425. The molecule has 0 aliphatic carbocycles. The van der Waals surface area contributed by atoms with Gasteiger partial charge in [-0.3, -0.25) is 9.59 Å². The average Bonchev–Trinajstić information content (AvgIpc) is 3.00. The number of rotatable bonds is 1. The molecular formula is C14H11NO3S2. The van der Waals surface area contributed by atoms with Crippen molar-refractivity contribution in [3.8, 4) is 0 Å². The van der Waals surface area contributed by atoms with Gasteiger partial charge in [0.05, 0.1) is 16.2 Å². The van der Waals surface area contributed by atoms with E-state index in [1.807, 2.05) is 30.3 Å². The van der Waals surface area contributed by atoms with Crippen LogP contribution < -0.4 is 4.87 Å². The average molecular weight is 305 g/mol. The summed E-state index contributed by atoms with van der Waals surface area (Å²) < 4.78 is 5.24. The number of aromatic nitrogens is 1. The van der Waals surface area contributed by atoms with Crippen LogP contribution in [-0.4, -0.2) is 22.8 Å². The fourth-order valence-corrected chi connectivity index (χ4v) is 5.41. The number of nitrogens with one attached hydrogen (secondary N) is 1. The highest BCUT2D eigenvalue weighted by Crippen LogP contribution is 2.51. The number of fused-ring (bicyclic) bond motifs is 2. The maximum Gasteiger partial charge on any atom is 0.311 e. The minimum Gasteiger partial charge on any atom is -0.464 e. The van der Waals surface area contributed by atoms with Gasteiger partial charge in [-0.25, -0.2) is 0 Å². The van der Waals surface area contributed by atoms with Gasteiger partial charge >= 0.3 is 10.8 Å². The molecule has 0 unspecified atom stereocenters. The van der Waals surface area contributed by atoms with Crippen LogP contribution >= 0.6 is 23.1 Å². The molecule has 3 heterocycles. The molecule has 4 nitrogen and oxygen atoms in total. The van der Waals surface area contributed by atoms with E-state index in [4.69, 9.17) is 4.74 Å². The second-order valence-electron chi connectivity index (χ2n) is 4.91. The molecular weight excluding hydrogens is 294 g/mol. The fourth-order valence-electron chi connectivity index (χ4n) is 2.93. The zero-order valence-corrected chi connectivity index (χ0v) is 12.0. The van der Waals surface area contributed by atoms with Crippen molar-refractivity contribution in [2.75, 3.05) is 6.61 Å². The van der Waals surface area contributed by atoms with Crippen LogP contribution in [0, 0.1) is 5.92 Å². The Kier molecular flexibility index (Phi) is 2.75. The molecule has 0 saturated carbocycles. The van der Waals surface area contributed by atoms with E-state index in [1.54, 1.807) is 11.8 Å². The molecule has 0 radical (unpaired) electrons. The number of esters is 1. The minimum absolute atomic E-state index is 0.0585. The van der Waals surface area contributed by atoms with Crippen LogP contribution in [0.25, 0.3) is 0 Å². The van der Waals surface area contributed by atoms with Gasteiger partial charge in [0.1, 0.15) is 6.61 Å². The Hall–Kier alpha value is -1.53. The van der Waals surface area contributed by atoms with Crippen LogP contribution in [0.4, 0.5) is 0 Å². The van der Waals surface area contributed by atoms with Gasteiger partial charge < -0.3 is 9.72 Å². The third-order valence-corrected chi connectivity index (χ3v) is 6.16. The molecule has 1 aromatic heterocycles. The molecule has 0 spiro atoms. The van der Waals surface area contributed by atoms with Crippen molar-refractivity contribution in [1.82, 2.24) is 4.98 Å². The first-order valence-corrected chi connectivity index (χ1v) is 8.05. The number of hydrogen-bond acceptors (Lipinski definition) is 5. The number of hydrogen-bond donors (Lipinski definition) is 1. The van der Waals surface area contributed by atoms with Gasteiger partial charge in [-0.1, -0.05) is 53.4 Å². The number of carbonyl (C=O) groups excluding carboxylic acids is 1. The van der Waals surface area contributed by atoms with Crippen LogP contribution in [-0.2, 0) is 9.53 Å². The van der Waals surface area contributed by atoms with E-state index in [0.29, 0.717) is 6.61 Å². The number of thioether (sulfide) groups is 1. The van der Waals surface area contributed by atoms with Gasteiger partial charge in [0.15, 0.2) is 0 Å². The topological polar surface area (TPSA) is 59.2 Å². The molecule has 20 heavy (non-hydrogen) atoms. The highest BCUT2D eigenvalue weighted by molar-refractivity contribution is 8.00. The van der Waals surface area contributed by atoms with E-state index < -0.39 is 0 Å². The smallest absolute Gasteiger partial charge is 0.311 e. The Balaban J connectivity index is 1.91. The van der Waals surface area contributed by atoms with Crippen molar-refractivity contribution in [3.63, 3.8) is 0 Å². The van der Waals surface area contributed by atoms with Crippen molar-refractivity contribution in [2.45, 2.75) is 16.2 Å². The van der Waals surface area contributed by atoms with Crippen molar-refractivity contribution < 1.29 is 9.53 Å². The zero-order valence-electron chi connectivity index (χ0n) is 10.4. The standard InChI is InChI=1S/C14H11NO3S2/c16-13-10-8(6-18-13)19-12-11(20-14(17)15-12)9(10)7-4-2-1-3-5-7/h1-5,8-10H,6H2,(H,15,17)/t8-,9+,10+/m0/s1. The Morgan fingerprint density at radius 1 is 1.20 bits per heavy atom. The summed E-state index contributed by atoms with van der Waals surface area (Å²) in [6, 6.07) is 9.89. The molecule has 1 fully saturated rings. The minimum atomic E-state index is -0.193. The number of H-pyrrole nitrogens is 1. The zero-order chi connectivity index (χ0) is 13.7. The van der Waals surface area contributed by atoms with Crippen LogP contribution in [0.2, 0.25) is 0 Å². The van der Waals surface area contributed by atoms with Gasteiger partial charge in [-0.15, -0.1) is 0 Å². The Morgan fingerprint density at radius 2 is 2.00 bits per heavy atom. The highest BCUT2D eigenvalue weighted by atomic mass is 32.2. The van der Waals surface area contributed by atoms with Crippen LogP contribution in [0.15, 0.2) is 40.2 Å². The van der Waals surface area contributed by atoms with Crippen molar-refractivity contribution in [3.05, 3.63) is 50.4 Å². The lowest BCUT2D eigenvalue weighted by atomic mass is 9.83. The lowest BCUT2D eigenvalue weighted by Gasteiger charge is -2.29. The number of benzene rings is 1. The lowest BCUT2D eigenvalue weighted by Crippen LogP contribution is -2.29. The quantitative estimate of drug-likeness (QED) is 0.821. The first kappa shape index (κ1) is 12.2. The summed E-state index contributed by atoms with van der Waals surface area (Å²) in [6.07, 6.45) is 0. The van der Waals surface area contributed by atoms with E-state index >= 15 is 0 Å². The normalized spacial score (nSPS) is 27.8. The summed E-state index contributed by atoms with van der Waals surface area (Å²) in [5.41, 5.74) is 1.07. The Morgan fingerprint density at radius 3 is 2.80 bits per heavy atom. The molecule has 1 N–H and O–H groups in total. The molecule has 1 aromatic carbocycles. The van der Waals surface area contributed by atoms with Gasteiger partial charge in [0.2, 0.25) is 0 Å². The highest BCUT2D eigenvalue weighted by Gasteiger charge is 2.49. The maximum atomic E-state index is 12.1. The molecule has 0 bridgehead atoms. The van der Waals surface area contributed by atoms with Crippen LogP contribution in [0.5, 0.6) is 0 Å². The van der Waals surface area contributed by atoms with Gasteiger partial charge in [-0.05, 0) is 5.56 Å². The molecule has 3 atom stereocenters. The second-order valence-corrected chi connectivity index (χ2v) is 7.17.